The van der Waals surface area contributed by atoms with Crippen molar-refractivity contribution in [1.82, 2.24) is 5.32 Å². The summed E-state index contributed by atoms with van der Waals surface area (Å²) in [5.41, 5.74) is 0.876. The van der Waals surface area contributed by atoms with Gasteiger partial charge in [-0.3, -0.25) is 5.32 Å². The minimum absolute atomic E-state index is 0.440. The number of nitrogens with one attached hydrogen (secondary N) is 1. The number of nitrogens with zero attached hydrogens (tertiary/aromatic N) is 1. The van der Waals surface area contributed by atoms with E-state index < -0.39 is 5.54 Å². The second-order valence-electron chi connectivity index (χ2n) is 4.92. The lowest BCUT2D eigenvalue weighted by Crippen LogP contribution is -2.40. The van der Waals surface area contributed by atoms with Crippen molar-refractivity contribution in [1.29, 1.82) is 5.26 Å². The molecule has 0 aliphatic carbocycles. The van der Waals surface area contributed by atoms with Crippen LogP contribution in [0.25, 0.3) is 0 Å². The lowest BCUT2D eigenvalue weighted by Gasteiger charge is -2.22. The SMILES string of the molecule is CCNC(C)(C#N)CCCOc1ccc(CC)cc1. The Morgan fingerprint density at radius 1 is 1.26 bits per heavy atom. The fourth-order valence-electron chi connectivity index (χ4n) is 2.01. The van der Waals surface area contributed by atoms with Gasteiger partial charge in [0.25, 0.3) is 0 Å². The molecule has 0 saturated carbocycles. The fraction of sp³-hybridized carbons (Fsp3) is 0.562. The smallest absolute Gasteiger partial charge is 0.119 e. The van der Waals surface area contributed by atoms with Crippen molar-refractivity contribution >= 4 is 0 Å². The highest BCUT2D eigenvalue weighted by molar-refractivity contribution is 5.27. The minimum atomic E-state index is -0.440. The molecule has 1 unspecified atom stereocenters. The van der Waals surface area contributed by atoms with E-state index in [1.54, 1.807) is 0 Å². The van der Waals surface area contributed by atoms with Gasteiger partial charge in [0, 0.05) is 0 Å². The molecule has 1 aromatic carbocycles. The Morgan fingerprint density at radius 3 is 2.47 bits per heavy atom. The molecule has 0 fully saturated rings. The van der Waals surface area contributed by atoms with Gasteiger partial charge in [-0.25, -0.2) is 0 Å². The highest BCUT2D eigenvalue weighted by atomic mass is 16.5. The second kappa shape index (κ2) is 7.81. The third kappa shape index (κ3) is 5.32. The van der Waals surface area contributed by atoms with Crippen LogP contribution in [-0.4, -0.2) is 18.7 Å². The largest absolute Gasteiger partial charge is 0.494 e. The van der Waals surface area contributed by atoms with Crippen LogP contribution >= 0.6 is 0 Å². The molecular formula is C16H24N2O. The average Bonchev–Trinajstić information content (AvgIpc) is 2.44. The van der Waals surface area contributed by atoms with E-state index in [1.807, 2.05) is 26.0 Å². The first-order chi connectivity index (χ1) is 9.13. The zero-order valence-corrected chi connectivity index (χ0v) is 12.2. The number of ether oxygens (including phenoxy) is 1. The molecule has 0 spiro atoms. The summed E-state index contributed by atoms with van der Waals surface area (Å²) in [6.07, 6.45) is 2.71. The third-order valence-electron chi connectivity index (χ3n) is 3.24. The summed E-state index contributed by atoms with van der Waals surface area (Å²) in [6, 6.07) is 10.5. The van der Waals surface area contributed by atoms with Crippen LogP contribution in [0, 0.1) is 11.3 Å². The maximum Gasteiger partial charge on any atom is 0.119 e. The standard InChI is InChI=1S/C16H24N2O/c1-4-14-7-9-15(10-8-14)19-12-6-11-16(3,13-17)18-5-2/h7-10,18H,4-6,11-12H2,1-3H3. The van der Waals surface area contributed by atoms with Gasteiger partial charge in [0.2, 0.25) is 0 Å². The van der Waals surface area contributed by atoms with Crippen LogP contribution in [0.15, 0.2) is 24.3 Å². The Kier molecular flexibility index (Phi) is 6.38. The van der Waals surface area contributed by atoms with E-state index in [0.717, 1.165) is 31.6 Å². The van der Waals surface area contributed by atoms with Crippen molar-refractivity contribution < 1.29 is 4.74 Å². The summed E-state index contributed by atoms with van der Waals surface area (Å²) in [5.74, 6) is 0.902. The Balaban J connectivity index is 2.32. The first kappa shape index (κ1) is 15.5. The van der Waals surface area contributed by atoms with Crippen LogP contribution in [0.2, 0.25) is 0 Å². The quantitative estimate of drug-likeness (QED) is 0.729. The van der Waals surface area contributed by atoms with Crippen LogP contribution in [0.5, 0.6) is 5.75 Å². The molecule has 0 aliphatic rings. The zero-order chi connectivity index (χ0) is 14.1. The first-order valence-electron chi connectivity index (χ1n) is 7.01. The normalized spacial score (nSPS) is 13.6. The molecule has 0 saturated heterocycles. The van der Waals surface area contributed by atoms with Crippen LogP contribution in [-0.2, 0) is 6.42 Å². The van der Waals surface area contributed by atoms with Crippen LogP contribution in [0.3, 0.4) is 0 Å². The molecule has 3 nitrogen and oxygen atoms in total. The Labute approximate surface area is 116 Å². The Morgan fingerprint density at radius 2 is 1.95 bits per heavy atom. The third-order valence-corrected chi connectivity index (χ3v) is 3.24. The number of hydrogen-bond acceptors (Lipinski definition) is 3. The van der Waals surface area contributed by atoms with Gasteiger partial charge in [-0.1, -0.05) is 26.0 Å². The molecule has 0 aliphatic heterocycles. The molecule has 0 radical (unpaired) electrons. The lowest BCUT2D eigenvalue weighted by atomic mass is 9.98. The number of nitriles is 1. The predicted molar refractivity (Wildman–Crippen MR) is 78.2 cm³/mol. The van der Waals surface area contributed by atoms with E-state index in [9.17, 15) is 0 Å². The van der Waals surface area contributed by atoms with Gasteiger partial charge < -0.3 is 4.74 Å². The van der Waals surface area contributed by atoms with E-state index in [1.165, 1.54) is 5.56 Å². The maximum atomic E-state index is 9.14. The molecule has 1 aromatic rings. The van der Waals surface area contributed by atoms with E-state index >= 15 is 0 Å². The van der Waals surface area contributed by atoms with E-state index in [2.05, 4.69) is 30.4 Å². The maximum absolute atomic E-state index is 9.14. The van der Waals surface area contributed by atoms with Gasteiger partial charge in [-0.05, 0) is 50.4 Å². The molecule has 0 bridgehead atoms. The summed E-state index contributed by atoms with van der Waals surface area (Å²) >= 11 is 0. The van der Waals surface area contributed by atoms with Crippen molar-refractivity contribution in [3.05, 3.63) is 29.8 Å². The summed E-state index contributed by atoms with van der Waals surface area (Å²) in [7, 11) is 0. The zero-order valence-electron chi connectivity index (χ0n) is 12.2. The topological polar surface area (TPSA) is 45.0 Å². The van der Waals surface area contributed by atoms with Gasteiger partial charge in [-0.2, -0.15) is 5.26 Å². The summed E-state index contributed by atoms with van der Waals surface area (Å²) in [5, 5.41) is 12.3. The highest BCUT2D eigenvalue weighted by Gasteiger charge is 2.21. The van der Waals surface area contributed by atoms with Crippen molar-refractivity contribution in [2.24, 2.45) is 0 Å². The van der Waals surface area contributed by atoms with Crippen LogP contribution in [0.4, 0.5) is 0 Å². The lowest BCUT2D eigenvalue weighted by molar-refractivity contribution is 0.286. The molecule has 3 heteroatoms. The van der Waals surface area contributed by atoms with Crippen LogP contribution < -0.4 is 10.1 Å². The van der Waals surface area contributed by atoms with Gasteiger partial charge in [-0.15, -0.1) is 0 Å². The number of rotatable bonds is 8. The molecule has 1 atom stereocenters. The Hall–Kier alpha value is -1.53. The summed E-state index contributed by atoms with van der Waals surface area (Å²) in [4.78, 5) is 0. The number of hydrogen-bond donors (Lipinski definition) is 1. The predicted octanol–water partition coefficient (Wildman–Crippen LogP) is 3.30. The molecule has 1 rings (SSSR count). The van der Waals surface area contributed by atoms with Gasteiger partial charge in [0.15, 0.2) is 0 Å². The first-order valence-corrected chi connectivity index (χ1v) is 7.01. The van der Waals surface area contributed by atoms with Crippen molar-refractivity contribution in [3.8, 4) is 11.8 Å². The minimum Gasteiger partial charge on any atom is -0.494 e. The van der Waals surface area contributed by atoms with E-state index in [-0.39, 0.29) is 0 Å². The highest BCUT2D eigenvalue weighted by Crippen LogP contribution is 2.15. The molecule has 0 aromatic heterocycles. The summed E-state index contributed by atoms with van der Waals surface area (Å²) < 4.78 is 5.69. The molecule has 19 heavy (non-hydrogen) atoms. The molecule has 104 valence electrons. The van der Waals surface area contributed by atoms with Crippen molar-refractivity contribution in [2.45, 2.75) is 45.6 Å². The molecule has 1 N–H and O–H groups in total. The monoisotopic (exact) mass is 260 g/mol. The van der Waals surface area contributed by atoms with E-state index in [0.29, 0.717) is 6.61 Å². The summed E-state index contributed by atoms with van der Waals surface area (Å²) in [6.45, 7) is 7.55. The van der Waals surface area contributed by atoms with Gasteiger partial charge >= 0.3 is 0 Å². The molecule has 0 amide bonds. The Bertz CT molecular complexity index is 408. The molecule has 0 heterocycles. The fourth-order valence-corrected chi connectivity index (χ4v) is 2.01. The molecular weight excluding hydrogens is 236 g/mol. The van der Waals surface area contributed by atoms with Gasteiger partial charge in [0.05, 0.1) is 12.7 Å². The van der Waals surface area contributed by atoms with Crippen LogP contribution in [0.1, 0.15) is 39.2 Å². The average molecular weight is 260 g/mol. The van der Waals surface area contributed by atoms with Gasteiger partial charge in [0.1, 0.15) is 11.3 Å². The van der Waals surface area contributed by atoms with Crippen molar-refractivity contribution in [3.63, 3.8) is 0 Å². The second-order valence-corrected chi connectivity index (χ2v) is 4.92. The number of benzene rings is 1. The number of aryl methyl sites for hydroxylation is 1. The van der Waals surface area contributed by atoms with Crippen molar-refractivity contribution in [2.75, 3.05) is 13.2 Å². The van der Waals surface area contributed by atoms with E-state index in [4.69, 9.17) is 10.00 Å².